The first kappa shape index (κ1) is 13.8. The first-order valence-electron chi connectivity index (χ1n) is 6.62. The van der Waals surface area contributed by atoms with E-state index in [0.29, 0.717) is 6.61 Å². The molecule has 0 aliphatic carbocycles. The molecule has 0 aromatic heterocycles. The highest BCUT2D eigenvalue weighted by Crippen LogP contribution is 2.25. The van der Waals surface area contributed by atoms with Crippen LogP contribution in [0.25, 0.3) is 0 Å². The molecule has 3 heteroatoms. The number of benzene rings is 2. The summed E-state index contributed by atoms with van der Waals surface area (Å²) in [5.41, 5.74) is 2.37. The van der Waals surface area contributed by atoms with Gasteiger partial charge in [-0.25, -0.2) is 0 Å². The summed E-state index contributed by atoms with van der Waals surface area (Å²) in [6.45, 7) is 1.43. The van der Waals surface area contributed by atoms with Gasteiger partial charge in [0.1, 0.15) is 6.10 Å². The molecule has 0 radical (unpaired) electrons. The van der Waals surface area contributed by atoms with E-state index in [0.717, 1.165) is 13.0 Å². The van der Waals surface area contributed by atoms with Gasteiger partial charge in [0.2, 0.25) is 0 Å². The Bertz CT molecular complexity index is 419. The van der Waals surface area contributed by atoms with Gasteiger partial charge >= 0.3 is 0 Å². The summed E-state index contributed by atoms with van der Waals surface area (Å²) in [4.78, 5) is 0. The number of rotatable bonds is 7. The molecule has 0 saturated heterocycles. The Labute approximate surface area is 115 Å². The topological polar surface area (TPSA) is 18.5 Å². The van der Waals surface area contributed by atoms with Crippen LogP contribution < -0.4 is 0 Å². The quantitative estimate of drug-likeness (QED) is 0.558. The summed E-state index contributed by atoms with van der Waals surface area (Å²) in [5, 5.41) is 0. The fourth-order valence-electron chi connectivity index (χ4n) is 2.05. The summed E-state index contributed by atoms with van der Waals surface area (Å²) >= 11 is 0. The van der Waals surface area contributed by atoms with Crippen molar-refractivity contribution in [1.82, 2.24) is 0 Å². The molecule has 0 spiro atoms. The lowest BCUT2D eigenvalue weighted by Crippen LogP contribution is -2.08. The van der Waals surface area contributed by atoms with Gasteiger partial charge < -0.3 is 9.39 Å². The fourth-order valence-corrected chi connectivity index (χ4v) is 2.05. The van der Waals surface area contributed by atoms with E-state index in [2.05, 4.69) is 24.3 Å². The van der Waals surface area contributed by atoms with Crippen LogP contribution >= 0.6 is 0 Å². The van der Waals surface area contributed by atoms with Crippen LogP contribution in [0.4, 0.5) is 0 Å². The molecule has 2 rings (SSSR count). The molecule has 0 aliphatic rings. The zero-order chi connectivity index (χ0) is 13.3. The monoisotopic (exact) mass is 254 g/mol. The first-order valence-corrected chi connectivity index (χ1v) is 6.62. The van der Waals surface area contributed by atoms with Gasteiger partial charge in [-0.1, -0.05) is 60.7 Å². The molecular weight excluding hydrogens is 235 g/mol. The molecule has 0 amide bonds. The molecule has 19 heavy (non-hydrogen) atoms. The maximum Gasteiger partial charge on any atom is 0.257 e. The average Bonchev–Trinajstić information content (AvgIpc) is 2.49. The van der Waals surface area contributed by atoms with Crippen molar-refractivity contribution in [2.75, 3.05) is 13.2 Å². The fraction of sp³-hybridized carbons (Fsp3) is 0.250. The van der Waals surface area contributed by atoms with Crippen LogP contribution in [0, 0.1) is 0 Å². The summed E-state index contributed by atoms with van der Waals surface area (Å²) in [5.74, 6) is 0. The summed E-state index contributed by atoms with van der Waals surface area (Å²) in [6.07, 6.45) is 0.909. The Kier molecular flexibility index (Phi) is 5.66. The van der Waals surface area contributed by atoms with Gasteiger partial charge in [-0.05, 0) is 17.5 Å². The summed E-state index contributed by atoms with van der Waals surface area (Å²) in [6, 6.07) is 20.7. The molecule has 2 aromatic carbocycles. The molecule has 2 nitrogen and oxygen atoms in total. The molecule has 0 heterocycles. The van der Waals surface area contributed by atoms with E-state index in [1.807, 2.05) is 36.4 Å². The molecular formula is C16H19BO2. The Hall–Kier alpha value is -1.58. The van der Waals surface area contributed by atoms with Crippen molar-refractivity contribution in [1.29, 1.82) is 0 Å². The van der Waals surface area contributed by atoms with Crippen molar-refractivity contribution < 1.29 is 9.39 Å². The van der Waals surface area contributed by atoms with Gasteiger partial charge in [-0.3, -0.25) is 0 Å². The molecule has 0 aliphatic heterocycles. The van der Waals surface area contributed by atoms with Crippen LogP contribution in [0.2, 0.25) is 0 Å². The molecule has 98 valence electrons. The minimum atomic E-state index is -0.000689. The van der Waals surface area contributed by atoms with E-state index >= 15 is 0 Å². The lowest BCUT2D eigenvalue weighted by molar-refractivity contribution is 0.0711. The average molecular weight is 254 g/mol. The van der Waals surface area contributed by atoms with Crippen LogP contribution in [-0.2, 0) is 9.39 Å². The van der Waals surface area contributed by atoms with E-state index in [4.69, 9.17) is 9.39 Å². The van der Waals surface area contributed by atoms with E-state index < -0.39 is 0 Å². The van der Waals surface area contributed by atoms with Gasteiger partial charge in [0, 0.05) is 13.2 Å². The van der Waals surface area contributed by atoms with Crippen LogP contribution in [0.3, 0.4) is 0 Å². The standard InChI is InChI=1S/C16H19BO2/c17-19-13-7-12-18-16(14-8-3-1-4-9-14)15-10-5-2-6-11-15/h1-6,8-11,16H,7,12-13,17H2. The summed E-state index contributed by atoms with van der Waals surface area (Å²) in [7, 11) is 1.71. The predicted molar refractivity (Wildman–Crippen MR) is 79.8 cm³/mol. The highest BCUT2D eigenvalue weighted by atomic mass is 16.5. The number of hydrogen-bond acceptors (Lipinski definition) is 2. The van der Waals surface area contributed by atoms with E-state index in [1.54, 1.807) is 8.05 Å². The minimum absolute atomic E-state index is 0.000689. The van der Waals surface area contributed by atoms with Gasteiger partial charge in [0.05, 0.1) is 0 Å². The second kappa shape index (κ2) is 7.77. The molecule has 0 atom stereocenters. The molecule has 0 saturated carbocycles. The normalized spacial score (nSPS) is 10.8. The zero-order valence-corrected chi connectivity index (χ0v) is 11.3. The highest BCUT2D eigenvalue weighted by molar-refractivity contribution is 5.97. The van der Waals surface area contributed by atoms with Crippen LogP contribution in [-0.4, -0.2) is 21.3 Å². The van der Waals surface area contributed by atoms with Crippen molar-refractivity contribution in [3.05, 3.63) is 71.8 Å². The largest absolute Gasteiger partial charge is 0.444 e. The van der Waals surface area contributed by atoms with Crippen molar-refractivity contribution in [2.24, 2.45) is 0 Å². The number of ether oxygens (including phenoxy) is 1. The highest BCUT2D eigenvalue weighted by Gasteiger charge is 2.13. The predicted octanol–water partition coefficient (Wildman–Crippen LogP) is 2.75. The van der Waals surface area contributed by atoms with E-state index in [9.17, 15) is 0 Å². The Balaban J connectivity index is 2.10. The van der Waals surface area contributed by atoms with E-state index in [-0.39, 0.29) is 6.10 Å². The maximum absolute atomic E-state index is 6.04. The van der Waals surface area contributed by atoms with E-state index in [1.165, 1.54) is 11.1 Å². The molecule has 2 aromatic rings. The number of hydrogen-bond donors (Lipinski definition) is 0. The van der Waals surface area contributed by atoms with Crippen molar-refractivity contribution in [2.45, 2.75) is 12.5 Å². The third kappa shape index (κ3) is 4.23. The lowest BCUT2D eigenvalue weighted by atomic mass is 10.0. The summed E-state index contributed by atoms with van der Waals surface area (Å²) < 4.78 is 11.1. The van der Waals surface area contributed by atoms with Crippen molar-refractivity contribution in [3.8, 4) is 0 Å². The second-order valence-corrected chi connectivity index (χ2v) is 4.42. The molecule has 0 N–H and O–H groups in total. The molecule has 0 fully saturated rings. The SMILES string of the molecule is BOCCCOC(c1ccccc1)c1ccccc1. The smallest absolute Gasteiger partial charge is 0.257 e. The third-order valence-electron chi connectivity index (χ3n) is 2.98. The van der Waals surface area contributed by atoms with Crippen LogP contribution in [0.1, 0.15) is 23.7 Å². The van der Waals surface area contributed by atoms with Gasteiger partial charge in [0.15, 0.2) is 0 Å². The van der Waals surface area contributed by atoms with Gasteiger partial charge in [-0.15, -0.1) is 0 Å². The van der Waals surface area contributed by atoms with Crippen LogP contribution in [0.5, 0.6) is 0 Å². The van der Waals surface area contributed by atoms with Gasteiger partial charge in [-0.2, -0.15) is 0 Å². The second-order valence-electron chi connectivity index (χ2n) is 4.42. The zero-order valence-electron chi connectivity index (χ0n) is 11.3. The lowest BCUT2D eigenvalue weighted by Gasteiger charge is -2.19. The van der Waals surface area contributed by atoms with Crippen molar-refractivity contribution in [3.63, 3.8) is 0 Å². The first-order chi connectivity index (χ1) is 9.42. The minimum Gasteiger partial charge on any atom is -0.444 e. The van der Waals surface area contributed by atoms with Crippen LogP contribution in [0.15, 0.2) is 60.7 Å². The van der Waals surface area contributed by atoms with Gasteiger partial charge in [0.25, 0.3) is 8.05 Å². The maximum atomic E-state index is 6.04. The Morgan fingerprint density at radius 1 is 0.789 bits per heavy atom. The Morgan fingerprint density at radius 2 is 1.32 bits per heavy atom. The Morgan fingerprint density at radius 3 is 1.79 bits per heavy atom. The van der Waals surface area contributed by atoms with Crippen molar-refractivity contribution >= 4 is 8.05 Å². The molecule has 0 unspecified atom stereocenters. The molecule has 0 bridgehead atoms. The third-order valence-corrected chi connectivity index (χ3v) is 2.98.